The number of nitrogens with zero attached hydrogens (tertiary/aromatic N) is 3. The average molecular weight is 566 g/mol. The predicted molar refractivity (Wildman–Crippen MR) is 154 cm³/mol. The molecule has 0 spiro atoms. The van der Waals surface area contributed by atoms with Crippen molar-refractivity contribution in [3.63, 3.8) is 0 Å². The minimum Gasteiger partial charge on any atom is -0.462 e. The summed E-state index contributed by atoms with van der Waals surface area (Å²) in [5, 5.41) is 11.4. The molecule has 2 amide bonds. The number of para-hydroxylation sites is 1. The maximum absolute atomic E-state index is 14.1. The Morgan fingerprint density at radius 3 is 2.40 bits per heavy atom. The molecule has 0 aliphatic carbocycles. The molecule has 6 rings (SSSR count). The molecule has 0 bridgehead atoms. The molecule has 3 aromatic rings. The first kappa shape index (κ1) is 27.1. The first-order valence-electron chi connectivity index (χ1n) is 13.8. The lowest BCUT2D eigenvalue weighted by Crippen LogP contribution is -2.48. The Balaban J connectivity index is 1.37. The molecule has 3 heterocycles. The van der Waals surface area contributed by atoms with E-state index in [9.17, 15) is 29.3 Å². The molecule has 0 radical (unpaired) electrons. The van der Waals surface area contributed by atoms with Crippen molar-refractivity contribution in [1.82, 2.24) is 0 Å². The van der Waals surface area contributed by atoms with Crippen molar-refractivity contribution in [2.75, 3.05) is 16.4 Å². The van der Waals surface area contributed by atoms with Crippen LogP contribution in [0.25, 0.3) is 6.08 Å². The van der Waals surface area contributed by atoms with Crippen molar-refractivity contribution in [3.8, 4) is 0 Å². The van der Waals surface area contributed by atoms with E-state index in [0.29, 0.717) is 17.9 Å². The Hall–Kier alpha value is -5.12. The molecular weight excluding hydrogens is 538 g/mol. The number of carbonyl (C=O) groups is 4. The van der Waals surface area contributed by atoms with E-state index >= 15 is 0 Å². The number of nitro groups is 1. The fraction of sp³-hybridized carbons (Fsp3) is 0.250. The van der Waals surface area contributed by atoms with Crippen molar-refractivity contribution in [2.45, 2.75) is 31.8 Å². The van der Waals surface area contributed by atoms with Crippen LogP contribution in [0.3, 0.4) is 0 Å². The largest absolute Gasteiger partial charge is 0.462 e. The summed E-state index contributed by atoms with van der Waals surface area (Å²) in [6.45, 7) is 2.29. The highest BCUT2D eigenvalue weighted by Crippen LogP contribution is 2.49. The van der Waals surface area contributed by atoms with Crippen LogP contribution in [0, 0.1) is 22.0 Å². The van der Waals surface area contributed by atoms with E-state index in [-0.39, 0.29) is 16.9 Å². The van der Waals surface area contributed by atoms with Gasteiger partial charge in [-0.25, -0.2) is 9.69 Å². The zero-order valence-corrected chi connectivity index (χ0v) is 22.7. The minimum atomic E-state index is -1.07. The Morgan fingerprint density at radius 1 is 0.929 bits per heavy atom. The monoisotopic (exact) mass is 565 g/mol. The fourth-order valence-electron chi connectivity index (χ4n) is 6.15. The molecule has 3 aliphatic heterocycles. The fourth-order valence-corrected chi connectivity index (χ4v) is 6.15. The zero-order valence-electron chi connectivity index (χ0n) is 22.7. The minimum absolute atomic E-state index is 0.0882. The molecule has 10 nitrogen and oxygen atoms in total. The number of Topliss-reactive ketones (excluding diaryl/α,β-unsaturated/α-hetero) is 1. The second kappa shape index (κ2) is 10.7. The number of rotatable bonds is 8. The summed E-state index contributed by atoms with van der Waals surface area (Å²) < 4.78 is 5.25. The lowest BCUT2D eigenvalue weighted by Gasteiger charge is -2.36. The van der Waals surface area contributed by atoms with Gasteiger partial charge < -0.3 is 9.64 Å². The highest BCUT2D eigenvalue weighted by atomic mass is 16.6. The van der Waals surface area contributed by atoms with Crippen LogP contribution in [0.2, 0.25) is 0 Å². The number of nitro benzene ring substituents is 1. The Labute approximate surface area is 241 Å². The topological polar surface area (TPSA) is 127 Å². The summed E-state index contributed by atoms with van der Waals surface area (Å²) in [6.07, 6.45) is 5.35. The normalized spacial score (nSPS) is 22.0. The number of non-ortho nitro benzene ring substituents is 1. The van der Waals surface area contributed by atoms with Crippen molar-refractivity contribution in [1.29, 1.82) is 0 Å². The molecule has 212 valence electrons. The first-order chi connectivity index (χ1) is 20.3. The molecule has 4 atom stereocenters. The van der Waals surface area contributed by atoms with Crippen LogP contribution in [0.15, 0.2) is 78.9 Å². The van der Waals surface area contributed by atoms with Crippen molar-refractivity contribution in [2.24, 2.45) is 11.8 Å². The second-order valence-electron chi connectivity index (χ2n) is 10.5. The second-order valence-corrected chi connectivity index (χ2v) is 10.5. The molecular formula is C32H27N3O7. The van der Waals surface area contributed by atoms with Gasteiger partial charge in [-0.05, 0) is 42.3 Å². The highest BCUT2D eigenvalue weighted by Gasteiger charge is 2.64. The lowest BCUT2D eigenvalue weighted by molar-refractivity contribution is -0.384. The molecule has 2 fully saturated rings. The van der Waals surface area contributed by atoms with Gasteiger partial charge in [-0.15, -0.1) is 0 Å². The van der Waals surface area contributed by atoms with Gasteiger partial charge in [-0.2, -0.15) is 0 Å². The van der Waals surface area contributed by atoms with Crippen molar-refractivity contribution in [3.05, 3.63) is 106 Å². The van der Waals surface area contributed by atoms with Gasteiger partial charge in [-0.1, -0.05) is 55.8 Å². The number of anilines is 2. The van der Waals surface area contributed by atoms with Gasteiger partial charge in [0.1, 0.15) is 6.04 Å². The molecule has 42 heavy (non-hydrogen) atoms. The van der Waals surface area contributed by atoms with E-state index in [1.165, 1.54) is 48.5 Å². The maximum atomic E-state index is 14.1. The number of ether oxygens (including phenoxy) is 1. The number of esters is 1. The number of unbranched alkanes of at least 4 members (excludes halogenated alkanes) is 1. The van der Waals surface area contributed by atoms with Gasteiger partial charge in [0.05, 0.1) is 40.7 Å². The van der Waals surface area contributed by atoms with Crippen LogP contribution >= 0.6 is 0 Å². The summed E-state index contributed by atoms with van der Waals surface area (Å²) in [4.78, 5) is 68.3. The van der Waals surface area contributed by atoms with Crippen LogP contribution in [0.4, 0.5) is 17.1 Å². The molecule has 0 unspecified atom stereocenters. The highest BCUT2D eigenvalue weighted by molar-refractivity contribution is 6.25. The summed E-state index contributed by atoms with van der Waals surface area (Å²) in [7, 11) is 0. The molecule has 0 aromatic heterocycles. The van der Waals surface area contributed by atoms with E-state index in [2.05, 4.69) is 0 Å². The third kappa shape index (κ3) is 4.36. The molecule has 10 heteroatoms. The van der Waals surface area contributed by atoms with Crippen molar-refractivity contribution >= 4 is 46.7 Å². The van der Waals surface area contributed by atoms with Crippen LogP contribution in [-0.2, 0) is 14.3 Å². The molecule has 3 aliphatic rings. The average Bonchev–Trinajstić information content (AvgIpc) is 3.49. The number of hydrogen-bond donors (Lipinski definition) is 0. The quantitative estimate of drug-likeness (QED) is 0.0950. The van der Waals surface area contributed by atoms with Gasteiger partial charge >= 0.3 is 5.97 Å². The molecule has 0 N–H and O–H groups in total. The Kier molecular flexibility index (Phi) is 6.89. The van der Waals surface area contributed by atoms with E-state index in [1.54, 1.807) is 0 Å². The summed E-state index contributed by atoms with van der Waals surface area (Å²) in [5.41, 5.74) is 1.98. The number of amides is 2. The van der Waals surface area contributed by atoms with Crippen LogP contribution in [0.1, 0.15) is 46.0 Å². The number of hydrogen-bond acceptors (Lipinski definition) is 8. The van der Waals surface area contributed by atoms with Gasteiger partial charge in [-0.3, -0.25) is 24.5 Å². The van der Waals surface area contributed by atoms with Crippen molar-refractivity contribution < 1.29 is 28.8 Å². The summed E-state index contributed by atoms with van der Waals surface area (Å²) in [5.74, 6) is -3.83. The first-order valence-corrected chi connectivity index (χ1v) is 13.8. The van der Waals surface area contributed by atoms with Crippen LogP contribution < -0.4 is 9.80 Å². The lowest BCUT2D eigenvalue weighted by atomic mass is 9.86. The third-order valence-electron chi connectivity index (χ3n) is 8.12. The number of imide groups is 1. The standard InChI is InChI=1S/C32H27N3O7/c1-2-3-17-42-32(39)20-11-14-22(15-12-20)33-30(37)26-25-16-13-19-7-4-5-10-24(19)34(25)28(27(26)31(33)38)29(36)21-8-6-9-23(18-21)35(40)41/h4-16,18,25-28H,2-3,17H2,1H3/t25-,26+,27+,28-/m1/s1. The van der Waals surface area contributed by atoms with E-state index < -0.39 is 52.4 Å². The Morgan fingerprint density at radius 2 is 1.67 bits per heavy atom. The maximum Gasteiger partial charge on any atom is 0.338 e. The smallest absolute Gasteiger partial charge is 0.338 e. The third-order valence-corrected chi connectivity index (χ3v) is 8.12. The Bertz CT molecular complexity index is 1650. The number of ketones is 1. The summed E-state index contributed by atoms with van der Waals surface area (Å²) >= 11 is 0. The van der Waals surface area contributed by atoms with E-state index in [1.807, 2.05) is 48.2 Å². The van der Waals surface area contributed by atoms with E-state index in [0.717, 1.165) is 23.3 Å². The number of fused-ring (bicyclic) bond motifs is 5. The number of benzene rings is 3. The van der Waals surface area contributed by atoms with Crippen LogP contribution in [-0.4, -0.2) is 47.2 Å². The van der Waals surface area contributed by atoms with Crippen LogP contribution in [0.5, 0.6) is 0 Å². The van der Waals surface area contributed by atoms with E-state index in [4.69, 9.17) is 4.74 Å². The molecule has 2 saturated heterocycles. The molecule has 0 saturated carbocycles. The van der Waals surface area contributed by atoms with Gasteiger partial charge in [0.2, 0.25) is 11.8 Å². The molecule has 3 aromatic carbocycles. The van der Waals surface area contributed by atoms with Gasteiger partial charge in [0.25, 0.3) is 5.69 Å². The number of carbonyl (C=O) groups excluding carboxylic acids is 4. The SMILES string of the molecule is CCCCOC(=O)c1ccc(N2C(=O)[C@@H]3[C@H](C2=O)[C@H](C(=O)c2cccc([N+](=O)[O-])c2)N2c4ccccc4C=C[C@H]32)cc1. The summed E-state index contributed by atoms with van der Waals surface area (Å²) in [6, 6.07) is 17.2. The van der Waals surface area contributed by atoms with Gasteiger partial charge in [0, 0.05) is 23.4 Å². The van der Waals surface area contributed by atoms with Gasteiger partial charge in [0.15, 0.2) is 5.78 Å². The predicted octanol–water partition coefficient (Wildman–Crippen LogP) is 4.82. The zero-order chi connectivity index (χ0) is 29.5.